The quantitative estimate of drug-likeness (QED) is 0.107. The summed E-state index contributed by atoms with van der Waals surface area (Å²) in [6.07, 6.45) is 5.88. The largest absolute Gasteiger partial charge is 0.490 e. The van der Waals surface area contributed by atoms with E-state index in [9.17, 15) is 33.6 Å². The minimum atomic E-state index is -3.43. The fraction of sp³-hybridized carbons (Fsp3) is 0.561. The van der Waals surface area contributed by atoms with E-state index in [-0.39, 0.29) is 36.0 Å². The van der Waals surface area contributed by atoms with E-state index in [1.165, 1.54) is 32.7 Å². The summed E-state index contributed by atoms with van der Waals surface area (Å²) >= 11 is 0. The molecule has 3 aromatic rings. The van der Waals surface area contributed by atoms with Crippen LogP contribution >= 0.6 is 0 Å². The number of carbonyl (C=O) groups is 1. The molecule has 0 unspecified atom stereocenters. The van der Waals surface area contributed by atoms with E-state index in [0.29, 0.717) is 18.9 Å². The molecule has 1 aromatic heterocycles. The van der Waals surface area contributed by atoms with E-state index in [1.807, 2.05) is 18.5 Å². The molecule has 2 fully saturated rings. The molecule has 1 heterocycles. The maximum Gasteiger partial charge on any atom is 0.222 e. The topological polar surface area (TPSA) is 178 Å². The van der Waals surface area contributed by atoms with Gasteiger partial charge in [0.2, 0.25) is 5.91 Å². The zero-order valence-electron chi connectivity index (χ0n) is 31.1. The second-order valence-electron chi connectivity index (χ2n) is 15.3. The molecule has 0 saturated heterocycles. The lowest BCUT2D eigenvalue weighted by Crippen LogP contribution is -2.51. The third-order valence-electron chi connectivity index (χ3n) is 10.9. The lowest BCUT2D eigenvalue weighted by atomic mass is 9.84. The summed E-state index contributed by atoms with van der Waals surface area (Å²) < 4.78 is 30.0. The summed E-state index contributed by atoms with van der Waals surface area (Å²) in [6, 6.07) is 17.0. The molecule has 11 nitrogen and oxygen atoms in total. The van der Waals surface area contributed by atoms with Crippen LogP contribution in [0.1, 0.15) is 86.5 Å². The van der Waals surface area contributed by atoms with E-state index in [4.69, 9.17) is 9.84 Å². The predicted octanol–water partition coefficient (Wildman–Crippen LogP) is 3.85. The average molecular weight is 753 g/mol. The molecular weight excluding hydrogens is 697 g/mol. The first-order valence-corrected chi connectivity index (χ1v) is 20.9. The molecule has 1 amide bonds. The number of ether oxygens (including phenoxy) is 1. The second-order valence-corrected chi connectivity index (χ2v) is 17.5. The number of aromatic nitrogens is 1. The minimum Gasteiger partial charge on any atom is -0.490 e. The van der Waals surface area contributed by atoms with Gasteiger partial charge in [-0.15, -0.1) is 0 Å². The second kappa shape index (κ2) is 17.8. The molecule has 12 heteroatoms. The van der Waals surface area contributed by atoms with Gasteiger partial charge < -0.3 is 35.2 Å². The number of sulfone groups is 1. The van der Waals surface area contributed by atoms with Crippen molar-refractivity contribution in [2.45, 2.75) is 113 Å². The highest BCUT2D eigenvalue weighted by Crippen LogP contribution is 2.55. The number of hydrogen-bond acceptors (Lipinski definition) is 10. The molecule has 290 valence electrons. The molecule has 0 spiro atoms. The zero-order valence-corrected chi connectivity index (χ0v) is 31.9. The Labute approximate surface area is 313 Å². The normalized spacial score (nSPS) is 18.1. The Kier molecular flexibility index (Phi) is 13.7. The number of rotatable bonds is 21. The first-order chi connectivity index (χ1) is 25.2. The van der Waals surface area contributed by atoms with Crippen LogP contribution in [0, 0.1) is 6.92 Å². The fourth-order valence-electron chi connectivity index (χ4n) is 7.03. The van der Waals surface area contributed by atoms with Crippen molar-refractivity contribution < 1.29 is 43.5 Å². The number of carbonyl (C=O) groups excluding carboxylic acids is 1. The molecule has 2 aliphatic rings. The van der Waals surface area contributed by atoms with Crippen molar-refractivity contribution in [1.82, 2.24) is 9.88 Å². The van der Waals surface area contributed by atoms with Crippen molar-refractivity contribution in [1.29, 1.82) is 0 Å². The smallest absolute Gasteiger partial charge is 0.222 e. The third kappa shape index (κ3) is 11.1. The van der Waals surface area contributed by atoms with Crippen LogP contribution in [0.25, 0.3) is 11.1 Å². The SMILES string of the molecule is Cc1ccc([C@H](C)CCCC(=O)N(CCS(C)(=O)=O)C[C@H](O)[C@@H](O)[C@H](O)[C@H](O)CO)cc1CCC1(c2cnccc2-c2ccccc2OC2CC2)CC1. The third-order valence-corrected chi connectivity index (χ3v) is 11.8. The van der Waals surface area contributed by atoms with Gasteiger partial charge in [0.1, 0.15) is 40.0 Å². The van der Waals surface area contributed by atoms with Gasteiger partial charge in [-0.1, -0.05) is 43.3 Å². The van der Waals surface area contributed by atoms with Crippen LogP contribution in [0.5, 0.6) is 5.75 Å². The summed E-state index contributed by atoms with van der Waals surface area (Å²) in [5.41, 5.74) is 7.38. The van der Waals surface area contributed by atoms with Crippen molar-refractivity contribution >= 4 is 15.7 Å². The van der Waals surface area contributed by atoms with Crippen LogP contribution in [0.15, 0.2) is 60.9 Å². The molecular formula is C41H56N2O9S. The number of aryl methyl sites for hydroxylation is 2. The highest BCUT2D eigenvalue weighted by molar-refractivity contribution is 7.90. The number of amides is 1. The molecule has 0 aliphatic heterocycles. The molecule has 5 N–H and O–H groups in total. The number of pyridine rings is 1. The summed E-state index contributed by atoms with van der Waals surface area (Å²) in [6.45, 7) is 2.80. The number of nitrogens with zero attached hydrogens (tertiary/aromatic N) is 2. The molecule has 2 aliphatic carbocycles. The monoisotopic (exact) mass is 752 g/mol. The van der Waals surface area contributed by atoms with E-state index < -0.39 is 47.4 Å². The number of aliphatic hydroxyl groups is 5. The maximum absolute atomic E-state index is 13.3. The van der Waals surface area contributed by atoms with Gasteiger partial charge in [-0.3, -0.25) is 9.78 Å². The van der Waals surface area contributed by atoms with Crippen molar-refractivity contribution in [3.63, 3.8) is 0 Å². The zero-order chi connectivity index (χ0) is 38.3. The highest BCUT2D eigenvalue weighted by Gasteiger charge is 2.45. The van der Waals surface area contributed by atoms with Crippen LogP contribution < -0.4 is 4.74 Å². The van der Waals surface area contributed by atoms with Gasteiger partial charge in [-0.2, -0.15) is 0 Å². The number of benzene rings is 2. The van der Waals surface area contributed by atoms with E-state index in [1.54, 1.807) is 0 Å². The van der Waals surface area contributed by atoms with E-state index in [0.717, 1.165) is 56.1 Å². The van der Waals surface area contributed by atoms with Crippen molar-refractivity contribution in [2.75, 3.05) is 31.7 Å². The van der Waals surface area contributed by atoms with E-state index in [2.05, 4.69) is 61.3 Å². The first kappa shape index (κ1) is 40.8. The molecule has 2 aromatic carbocycles. The number of hydrogen-bond donors (Lipinski definition) is 5. The average Bonchev–Trinajstić information content (AvgIpc) is 4.09. The molecule has 53 heavy (non-hydrogen) atoms. The number of aliphatic hydroxyl groups excluding tert-OH is 5. The summed E-state index contributed by atoms with van der Waals surface area (Å²) in [7, 11) is -3.43. The Balaban J connectivity index is 1.20. The molecule has 0 bridgehead atoms. The standard InChI is InChI=1S/C41H56N2O9S/c1-27(7-6-10-38(47)43(21-22-53(3,50)51)25-35(45)39(48)40(49)36(46)26-44)29-12-11-28(2)30(23-29)15-17-41(18-19-41)34-24-42-20-16-32(34)33-8-4-5-9-37(33)52-31-13-14-31/h4-5,8-9,11-12,16,20,23-24,27,31,35-36,39-40,44-46,48-49H,6-7,10,13-15,17-19,21-22,25-26H2,1-3H3/t27-,35+,36-,39-,40-/m1/s1. The van der Waals surface area contributed by atoms with Crippen LogP contribution in [0.3, 0.4) is 0 Å². The maximum atomic E-state index is 13.3. The van der Waals surface area contributed by atoms with Gasteiger partial charge in [-0.05, 0) is 110 Å². The summed E-state index contributed by atoms with van der Waals surface area (Å²) in [4.78, 5) is 19.0. The van der Waals surface area contributed by atoms with Crippen LogP contribution in [0.2, 0.25) is 0 Å². The van der Waals surface area contributed by atoms with E-state index >= 15 is 0 Å². The Hall–Kier alpha value is -3.39. The van der Waals surface area contributed by atoms with Gasteiger partial charge in [0.05, 0.1) is 18.5 Å². The summed E-state index contributed by atoms with van der Waals surface area (Å²) in [5, 5.41) is 49.5. The predicted molar refractivity (Wildman–Crippen MR) is 203 cm³/mol. The van der Waals surface area contributed by atoms with Gasteiger partial charge in [0.25, 0.3) is 0 Å². The van der Waals surface area contributed by atoms with Gasteiger partial charge in [0, 0.05) is 43.7 Å². The Morgan fingerprint density at radius 1 is 1.02 bits per heavy atom. The molecule has 5 atom stereocenters. The molecule has 0 radical (unpaired) electrons. The number of para-hydroxylation sites is 1. The van der Waals surface area contributed by atoms with Gasteiger partial charge in [0.15, 0.2) is 0 Å². The lowest BCUT2D eigenvalue weighted by molar-refractivity contribution is -0.139. The Bertz CT molecular complexity index is 1790. The van der Waals surface area contributed by atoms with Gasteiger partial charge in [-0.25, -0.2) is 8.42 Å². The highest BCUT2D eigenvalue weighted by atomic mass is 32.2. The first-order valence-electron chi connectivity index (χ1n) is 18.8. The van der Waals surface area contributed by atoms with Crippen molar-refractivity contribution in [3.05, 3.63) is 83.2 Å². The molecule has 2 saturated carbocycles. The van der Waals surface area contributed by atoms with Gasteiger partial charge >= 0.3 is 0 Å². The van der Waals surface area contributed by atoms with Crippen LogP contribution in [-0.4, -0.2) is 112 Å². The van der Waals surface area contributed by atoms with Crippen molar-refractivity contribution in [2.24, 2.45) is 0 Å². The Morgan fingerprint density at radius 2 is 1.74 bits per heavy atom. The Morgan fingerprint density at radius 3 is 2.42 bits per heavy atom. The van der Waals surface area contributed by atoms with Crippen molar-refractivity contribution in [3.8, 4) is 16.9 Å². The minimum absolute atomic E-state index is 0.0635. The van der Waals surface area contributed by atoms with Crippen LogP contribution in [-0.2, 0) is 26.5 Å². The lowest BCUT2D eigenvalue weighted by Gasteiger charge is -2.30. The van der Waals surface area contributed by atoms with Crippen LogP contribution in [0.4, 0.5) is 0 Å². The summed E-state index contributed by atoms with van der Waals surface area (Å²) in [5.74, 6) is 0.361. The molecule has 5 rings (SSSR count). The fourth-order valence-corrected chi connectivity index (χ4v) is 7.58.